The fourth-order valence-electron chi connectivity index (χ4n) is 6.49. The van der Waals surface area contributed by atoms with Gasteiger partial charge in [0.05, 0.1) is 16.6 Å². The van der Waals surface area contributed by atoms with Crippen molar-refractivity contribution in [2.45, 2.75) is 50.7 Å². The standard InChI is InChI=1S/C27H33BrN6O4/c1-3-27(26(37)34-14-21(35)33-9-5-8-20(33)25(34)38-27)31-24(36)15(11-29)10-16-12-32(2)13-18-22-17(16)6-4-7-19(22)30-23(18)28/h4,6-7,10,15,20,25,30H,3,5,8-9,11-14,29H2,1-2H3,(H,31,36)/b16-10+. The molecular formula is C27H33BrN6O4. The first-order valence-electron chi connectivity index (χ1n) is 13.3. The second-order valence-electron chi connectivity index (χ2n) is 10.8. The van der Waals surface area contributed by atoms with Gasteiger partial charge in [0.2, 0.25) is 17.5 Å². The number of amides is 3. The first-order valence-corrected chi connectivity index (χ1v) is 14.0. The Labute approximate surface area is 229 Å². The number of likely N-dealkylation sites (N-methyl/N-ethyl adjacent to an activating group) is 1. The average molecular weight is 586 g/mol. The summed E-state index contributed by atoms with van der Waals surface area (Å²) in [6, 6.07) is 5.95. The van der Waals surface area contributed by atoms with Crippen molar-refractivity contribution < 1.29 is 19.1 Å². The van der Waals surface area contributed by atoms with Crippen molar-refractivity contribution in [3.63, 3.8) is 0 Å². The molecule has 3 saturated heterocycles. The summed E-state index contributed by atoms with van der Waals surface area (Å²) in [5, 5.41) is 4.06. The van der Waals surface area contributed by atoms with Gasteiger partial charge in [-0.2, -0.15) is 0 Å². The van der Waals surface area contributed by atoms with Crippen LogP contribution in [0.4, 0.5) is 0 Å². The number of hydrogen-bond donors (Lipinski definition) is 3. The predicted octanol–water partition coefficient (Wildman–Crippen LogP) is 1.75. The largest absolute Gasteiger partial charge is 0.349 e. The van der Waals surface area contributed by atoms with E-state index in [1.54, 1.807) is 0 Å². The minimum atomic E-state index is -1.51. The van der Waals surface area contributed by atoms with Gasteiger partial charge >= 0.3 is 0 Å². The first-order chi connectivity index (χ1) is 18.3. The third-order valence-electron chi connectivity index (χ3n) is 8.40. The van der Waals surface area contributed by atoms with E-state index in [0.29, 0.717) is 13.1 Å². The van der Waals surface area contributed by atoms with Crippen molar-refractivity contribution in [3.8, 4) is 0 Å². The van der Waals surface area contributed by atoms with Crippen LogP contribution in [0.3, 0.4) is 0 Å². The number of nitrogens with one attached hydrogen (secondary N) is 2. The van der Waals surface area contributed by atoms with Gasteiger partial charge in [0, 0.05) is 49.1 Å². The quantitative estimate of drug-likeness (QED) is 0.492. The molecule has 2 aromatic rings. The number of aromatic nitrogens is 1. The zero-order chi connectivity index (χ0) is 26.8. The molecule has 4 unspecified atom stereocenters. The number of aromatic amines is 1. The zero-order valence-corrected chi connectivity index (χ0v) is 23.2. The molecule has 0 aliphatic carbocycles. The van der Waals surface area contributed by atoms with E-state index < -0.39 is 17.9 Å². The Balaban J connectivity index is 1.30. The van der Waals surface area contributed by atoms with Crippen LogP contribution in [0.15, 0.2) is 28.9 Å². The predicted molar refractivity (Wildman–Crippen MR) is 145 cm³/mol. The Morgan fingerprint density at radius 3 is 2.89 bits per heavy atom. The van der Waals surface area contributed by atoms with Crippen molar-refractivity contribution in [3.05, 3.63) is 40.0 Å². The van der Waals surface area contributed by atoms with E-state index in [9.17, 15) is 14.4 Å². The van der Waals surface area contributed by atoms with Crippen LogP contribution in [0, 0.1) is 5.92 Å². The van der Waals surface area contributed by atoms with Gasteiger partial charge in [0.15, 0.2) is 6.23 Å². The second-order valence-corrected chi connectivity index (χ2v) is 11.6. The zero-order valence-electron chi connectivity index (χ0n) is 21.6. The van der Waals surface area contributed by atoms with Crippen LogP contribution in [0.2, 0.25) is 0 Å². The van der Waals surface area contributed by atoms with E-state index in [4.69, 9.17) is 10.5 Å². The highest BCUT2D eigenvalue weighted by Gasteiger charge is 2.59. The Morgan fingerprint density at radius 2 is 2.13 bits per heavy atom. The molecule has 4 aliphatic rings. The minimum Gasteiger partial charge on any atom is -0.349 e. The molecule has 3 amide bonds. The normalized spacial score (nSPS) is 29.1. The van der Waals surface area contributed by atoms with Crippen LogP contribution in [-0.2, 0) is 25.7 Å². The summed E-state index contributed by atoms with van der Waals surface area (Å²) in [5.41, 5.74) is 8.90. The highest BCUT2D eigenvalue weighted by Crippen LogP contribution is 2.39. The van der Waals surface area contributed by atoms with E-state index >= 15 is 0 Å². The van der Waals surface area contributed by atoms with Gasteiger partial charge in [-0.15, -0.1) is 0 Å². The summed E-state index contributed by atoms with van der Waals surface area (Å²) in [6.45, 7) is 3.95. The maximum Gasteiger partial charge on any atom is 0.278 e. The molecule has 5 heterocycles. The SMILES string of the molecule is CCC1(NC(=O)C(/C=C2\CN(C)Cc3c(Br)[nH]c4cccc2c34)CN)OC2C3CCCN3C(=O)CN2C1=O. The maximum absolute atomic E-state index is 13.7. The smallest absolute Gasteiger partial charge is 0.278 e. The number of nitrogens with zero attached hydrogens (tertiary/aromatic N) is 3. The van der Waals surface area contributed by atoms with Gasteiger partial charge in [0.25, 0.3) is 5.91 Å². The molecule has 1 aromatic carbocycles. The summed E-state index contributed by atoms with van der Waals surface area (Å²) in [5.74, 6) is -1.45. The van der Waals surface area contributed by atoms with Gasteiger partial charge < -0.3 is 30.6 Å². The van der Waals surface area contributed by atoms with Gasteiger partial charge in [-0.1, -0.05) is 25.1 Å². The summed E-state index contributed by atoms with van der Waals surface area (Å²) in [7, 11) is 2.05. The average Bonchev–Trinajstić information content (AvgIpc) is 3.55. The third-order valence-corrected chi connectivity index (χ3v) is 9.07. The number of hydrogen-bond acceptors (Lipinski definition) is 6. The molecule has 0 bridgehead atoms. The number of piperazine rings is 1. The molecule has 1 aromatic heterocycles. The number of rotatable bonds is 5. The molecule has 4 atom stereocenters. The molecule has 0 radical (unpaired) electrons. The molecular weight excluding hydrogens is 552 g/mol. The lowest BCUT2D eigenvalue weighted by molar-refractivity contribution is -0.159. The van der Waals surface area contributed by atoms with Gasteiger partial charge in [0.1, 0.15) is 6.54 Å². The van der Waals surface area contributed by atoms with Crippen molar-refractivity contribution in [2.24, 2.45) is 11.7 Å². The molecule has 0 saturated carbocycles. The van der Waals surface area contributed by atoms with Crippen molar-refractivity contribution >= 4 is 50.1 Å². The summed E-state index contributed by atoms with van der Waals surface area (Å²) >= 11 is 3.66. The molecule has 4 aliphatic heterocycles. The number of carbonyl (C=O) groups is 3. The van der Waals surface area contributed by atoms with Crippen LogP contribution in [0.1, 0.15) is 37.3 Å². The van der Waals surface area contributed by atoms with E-state index in [1.807, 2.05) is 37.1 Å². The number of fused-ring (bicyclic) bond motifs is 3. The maximum atomic E-state index is 13.7. The van der Waals surface area contributed by atoms with Crippen molar-refractivity contribution in [2.75, 3.05) is 33.2 Å². The van der Waals surface area contributed by atoms with Crippen LogP contribution >= 0.6 is 15.9 Å². The third kappa shape index (κ3) is 3.90. The molecule has 38 heavy (non-hydrogen) atoms. The number of ether oxygens (including phenoxy) is 1. The molecule has 6 rings (SSSR count). The van der Waals surface area contributed by atoms with Gasteiger partial charge in [-0.3, -0.25) is 19.3 Å². The Morgan fingerprint density at radius 1 is 1.32 bits per heavy atom. The number of H-pyrrole nitrogens is 1. The topological polar surface area (TPSA) is 124 Å². The molecule has 4 N–H and O–H groups in total. The first kappa shape index (κ1) is 25.5. The molecule has 202 valence electrons. The van der Waals surface area contributed by atoms with Crippen molar-refractivity contribution in [1.29, 1.82) is 0 Å². The summed E-state index contributed by atoms with van der Waals surface area (Å²) in [4.78, 5) is 48.8. The lowest BCUT2D eigenvalue weighted by Crippen LogP contribution is -2.59. The monoisotopic (exact) mass is 584 g/mol. The molecule has 10 nitrogen and oxygen atoms in total. The number of halogens is 1. The number of benzene rings is 1. The van der Waals surface area contributed by atoms with Crippen LogP contribution in [-0.4, -0.2) is 88.6 Å². The number of carbonyl (C=O) groups excluding carboxylic acids is 3. The molecule has 11 heteroatoms. The van der Waals surface area contributed by atoms with E-state index in [2.05, 4.69) is 37.2 Å². The lowest BCUT2D eigenvalue weighted by Gasteiger charge is -2.38. The van der Waals surface area contributed by atoms with Gasteiger partial charge in [-0.25, -0.2) is 0 Å². The van der Waals surface area contributed by atoms with E-state index in [-0.39, 0.29) is 43.3 Å². The highest BCUT2D eigenvalue weighted by molar-refractivity contribution is 9.10. The Kier molecular flexibility index (Phi) is 6.37. The highest BCUT2D eigenvalue weighted by atomic mass is 79.9. The van der Waals surface area contributed by atoms with E-state index in [1.165, 1.54) is 10.5 Å². The van der Waals surface area contributed by atoms with Crippen molar-refractivity contribution in [1.82, 2.24) is 25.0 Å². The Bertz CT molecular complexity index is 1360. The summed E-state index contributed by atoms with van der Waals surface area (Å²) in [6.07, 6.45) is 3.29. The van der Waals surface area contributed by atoms with E-state index in [0.717, 1.165) is 46.0 Å². The fourth-order valence-corrected chi connectivity index (χ4v) is 7.02. The summed E-state index contributed by atoms with van der Waals surface area (Å²) < 4.78 is 7.29. The Hall–Kier alpha value is -2.73. The van der Waals surface area contributed by atoms with Crippen LogP contribution in [0.5, 0.6) is 0 Å². The van der Waals surface area contributed by atoms with Crippen LogP contribution < -0.4 is 11.1 Å². The second kappa shape index (κ2) is 9.48. The minimum absolute atomic E-state index is 0.0209. The number of nitrogens with two attached hydrogens (primary N) is 1. The lowest BCUT2D eigenvalue weighted by atomic mass is 9.95. The molecule has 0 spiro atoms. The fraction of sp³-hybridized carbons (Fsp3) is 0.519. The molecule has 3 fully saturated rings. The van der Waals surface area contributed by atoms with Crippen LogP contribution in [0.25, 0.3) is 16.5 Å². The van der Waals surface area contributed by atoms with Gasteiger partial charge in [-0.05, 0) is 53.0 Å².